The molecule has 0 fully saturated rings. The van der Waals surface area contributed by atoms with E-state index >= 15 is 0 Å². The Morgan fingerprint density at radius 3 is 2.38 bits per heavy atom. The summed E-state index contributed by atoms with van der Waals surface area (Å²) in [6.45, 7) is 24.1. The molecule has 1 heterocycles. The Bertz CT molecular complexity index is 1030. The molecule has 1 amide bonds. The molecule has 37 heavy (non-hydrogen) atoms. The molecule has 0 bridgehead atoms. The van der Waals surface area contributed by atoms with Gasteiger partial charge in [0.15, 0.2) is 0 Å². The zero-order valence-corrected chi connectivity index (χ0v) is 24.8. The maximum atomic E-state index is 12.9. The highest BCUT2D eigenvalue weighted by Gasteiger charge is 2.31. The molecule has 2 rings (SSSR count). The first-order chi connectivity index (χ1) is 17.3. The third-order valence-electron chi connectivity index (χ3n) is 6.83. The summed E-state index contributed by atoms with van der Waals surface area (Å²) in [5, 5.41) is 0. The smallest absolute Gasteiger partial charge is 0.410 e. The van der Waals surface area contributed by atoms with Crippen LogP contribution in [0.25, 0.3) is 0 Å². The second-order valence-electron chi connectivity index (χ2n) is 12.1. The number of ether oxygens (including phenoxy) is 1. The first-order valence-electron chi connectivity index (χ1n) is 13.9. The molecular weight excluding hydrogens is 456 g/mol. The molecule has 0 aromatic rings. The van der Waals surface area contributed by atoms with Gasteiger partial charge in [-0.25, -0.2) is 4.79 Å². The third kappa shape index (κ3) is 9.02. The SMILES string of the molecule is C=C\C=C(C1=CCCCCC1)/C(C(C)=NC)=C(C(=C)C)\C1=C/C(C)(C)CN(C(=O)OC(C)(C)C)CCC1. The van der Waals surface area contributed by atoms with E-state index in [1.807, 2.05) is 38.8 Å². The van der Waals surface area contributed by atoms with Crippen molar-refractivity contribution in [3.63, 3.8) is 0 Å². The summed E-state index contributed by atoms with van der Waals surface area (Å²) < 4.78 is 5.70. The maximum absolute atomic E-state index is 12.9. The summed E-state index contributed by atoms with van der Waals surface area (Å²) in [5.74, 6) is 0. The molecule has 0 aromatic carbocycles. The lowest BCUT2D eigenvalue weighted by atomic mass is 9.79. The van der Waals surface area contributed by atoms with Gasteiger partial charge >= 0.3 is 6.09 Å². The first kappa shape index (κ1) is 30.6. The highest BCUT2D eigenvalue weighted by atomic mass is 16.6. The van der Waals surface area contributed by atoms with Gasteiger partial charge in [-0.1, -0.05) is 63.3 Å². The van der Waals surface area contributed by atoms with Crippen molar-refractivity contribution in [2.45, 2.75) is 99.0 Å². The maximum Gasteiger partial charge on any atom is 0.410 e. The molecule has 204 valence electrons. The molecule has 0 spiro atoms. The van der Waals surface area contributed by atoms with Crippen molar-refractivity contribution in [3.8, 4) is 0 Å². The van der Waals surface area contributed by atoms with Crippen molar-refractivity contribution in [2.75, 3.05) is 20.1 Å². The fourth-order valence-corrected chi connectivity index (χ4v) is 5.30. The van der Waals surface area contributed by atoms with Crippen LogP contribution >= 0.6 is 0 Å². The van der Waals surface area contributed by atoms with Crippen LogP contribution in [0, 0.1) is 5.41 Å². The van der Waals surface area contributed by atoms with Crippen LogP contribution in [0.5, 0.6) is 0 Å². The van der Waals surface area contributed by atoms with Crippen molar-refractivity contribution < 1.29 is 9.53 Å². The Balaban J connectivity index is 2.67. The zero-order chi connectivity index (χ0) is 27.8. The minimum atomic E-state index is -0.507. The van der Waals surface area contributed by atoms with E-state index in [1.54, 1.807) is 0 Å². The van der Waals surface area contributed by atoms with Gasteiger partial charge in [0.1, 0.15) is 5.60 Å². The number of hydrogen-bond acceptors (Lipinski definition) is 3. The van der Waals surface area contributed by atoms with E-state index in [0.29, 0.717) is 13.1 Å². The van der Waals surface area contributed by atoms with Crippen LogP contribution in [-0.2, 0) is 4.74 Å². The van der Waals surface area contributed by atoms with Crippen LogP contribution < -0.4 is 0 Å². The minimum Gasteiger partial charge on any atom is -0.444 e. The molecule has 0 atom stereocenters. The number of carbonyl (C=O) groups excluding carboxylic acids is 1. The van der Waals surface area contributed by atoms with E-state index in [2.05, 4.69) is 64.1 Å². The molecule has 1 aliphatic carbocycles. The van der Waals surface area contributed by atoms with Crippen LogP contribution in [0.2, 0.25) is 0 Å². The number of aliphatic imine (C=N–C) groups is 1. The van der Waals surface area contributed by atoms with Gasteiger partial charge in [0.05, 0.1) is 0 Å². The zero-order valence-electron chi connectivity index (χ0n) is 24.8. The monoisotopic (exact) mass is 506 g/mol. The van der Waals surface area contributed by atoms with E-state index in [1.165, 1.54) is 41.6 Å². The molecule has 0 saturated heterocycles. The van der Waals surface area contributed by atoms with Gasteiger partial charge in [0.25, 0.3) is 0 Å². The number of hydrogen-bond donors (Lipinski definition) is 0. The number of allylic oxidation sites excluding steroid dienone is 9. The Kier molecular flexibility index (Phi) is 11.0. The number of amides is 1. The van der Waals surface area contributed by atoms with Gasteiger partial charge < -0.3 is 9.64 Å². The van der Waals surface area contributed by atoms with E-state index in [-0.39, 0.29) is 11.5 Å². The highest BCUT2D eigenvalue weighted by molar-refractivity contribution is 6.05. The van der Waals surface area contributed by atoms with Crippen LogP contribution in [-0.4, -0.2) is 42.4 Å². The van der Waals surface area contributed by atoms with Gasteiger partial charge in [-0.3, -0.25) is 4.99 Å². The second-order valence-corrected chi connectivity index (χ2v) is 12.1. The predicted molar refractivity (Wildman–Crippen MR) is 159 cm³/mol. The molecule has 2 aliphatic rings. The minimum absolute atomic E-state index is 0.236. The summed E-state index contributed by atoms with van der Waals surface area (Å²) in [5.41, 5.74) is 7.52. The van der Waals surface area contributed by atoms with Crippen molar-refractivity contribution in [1.82, 2.24) is 4.90 Å². The van der Waals surface area contributed by atoms with Crippen molar-refractivity contribution >= 4 is 11.8 Å². The Morgan fingerprint density at radius 2 is 1.78 bits per heavy atom. The van der Waals surface area contributed by atoms with Crippen molar-refractivity contribution in [1.29, 1.82) is 0 Å². The van der Waals surface area contributed by atoms with Gasteiger partial charge in [0.2, 0.25) is 0 Å². The lowest BCUT2D eigenvalue weighted by Gasteiger charge is -2.35. The number of nitrogens with zero attached hydrogens (tertiary/aromatic N) is 2. The molecule has 1 aliphatic heterocycles. The van der Waals surface area contributed by atoms with Gasteiger partial charge in [-0.15, -0.1) is 0 Å². The highest BCUT2D eigenvalue weighted by Crippen LogP contribution is 2.38. The standard InChI is InChI=1S/C33H50N2O2/c1-11-17-28(26-18-14-12-13-15-19-26)30(25(4)34-10)29(24(2)3)27-20-16-21-35(23-33(8,9)22-27)31(36)37-32(5,6)7/h11,17-18,22H,1-2,12-16,19-21,23H2,3-10H3/b27-22-,28-17-,30-29-,34-25?. The van der Waals surface area contributed by atoms with Crippen LogP contribution in [0.1, 0.15) is 93.4 Å². The van der Waals surface area contributed by atoms with Crippen molar-refractivity contribution in [3.05, 3.63) is 70.9 Å². The molecule has 4 nitrogen and oxygen atoms in total. The summed E-state index contributed by atoms with van der Waals surface area (Å²) in [6, 6.07) is 0. The van der Waals surface area contributed by atoms with Gasteiger partial charge in [-0.2, -0.15) is 0 Å². The first-order valence-corrected chi connectivity index (χ1v) is 13.9. The molecule has 0 aromatic heterocycles. The molecular formula is C33H50N2O2. The largest absolute Gasteiger partial charge is 0.444 e. The quantitative estimate of drug-likeness (QED) is 0.266. The summed E-state index contributed by atoms with van der Waals surface area (Å²) in [6.07, 6.45) is 16.2. The number of carbonyl (C=O) groups is 1. The average Bonchev–Trinajstić information content (AvgIpc) is 3.06. The lowest BCUT2D eigenvalue weighted by Crippen LogP contribution is -2.42. The molecule has 0 radical (unpaired) electrons. The summed E-state index contributed by atoms with van der Waals surface area (Å²) in [7, 11) is 1.87. The van der Waals surface area contributed by atoms with E-state index in [0.717, 1.165) is 42.5 Å². The fraction of sp³-hybridized carbons (Fsp3) is 0.576. The Hall–Kier alpha value is -2.62. The Morgan fingerprint density at radius 1 is 1.11 bits per heavy atom. The van der Waals surface area contributed by atoms with Crippen LogP contribution in [0.4, 0.5) is 4.79 Å². The van der Waals surface area contributed by atoms with Gasteiger partial charge in [-0.05, 0) is 95.4 Å². The average molecular weight is 507 g/mol. The van der Waals surface area contributed by atoms with Gasteiger partial charge in [0, 0.05) is 36.8 Å². The fourth-order valence-electron chi connectivity index (χ4n) is 5.30. The van der Waals surface area contributed by atoms with E-state index < -0.39 is 5.60 Å². The van der Waals surface area contributed by atoms with Crippen LogP contribution in [0.15, 0.2) is 75.9 Å². The normalized spacial score (nSPS) is 21.9. The number of rotatable bonds is 6. The predicted octanol–water partition coefficient (Wildman–Crippen LogP) is 8.94. The molecule has 0 saturated carbocycles. The third-order valence-corrected chi connectivity index (χ3v) is 6.83. The lowest BCUT2D eigenvalue weighted by molar-refractivity contribution is 0.0195. The topological polar surface area (TPSA) is 41.9 Å². The molecule has 0 N–H and O–H groups in total. The Labute approximate surface area is 226 Å². The summed E-state index contributed by atoms with van der Waals surface area (Å²) >= 11 is 0. The van der Waals surface area contributed by atoms with E-state index in [9.17, 15) is 4.79 Å². The van der Waals surface area contributed by atoms with E-state index in [4.69, 9.17) is 4.74 Å². The second kappa shape index (κ2) is 13.3. The molecule has 4 heteroatoms. The van der Waals surface area contributed by atoms with Crippen LogP contribution in [0.3, 0.4) is 0 Å². The molecule has 0 unspecified atom stereocenters. The van der Waals surface area contributed by atoms with Crippen molar-refractivity contribution in [2.24, 2.45) is 10.4 Å². The summed E-state index contributed by atoms with van der Waals surface area (Å²) in [4.78, 5) is 19.4.